The van der Waals surface area contributed by atoms with E-state index in [0.717, 1.165) is 77.0 Å². The number of aliphatic hydroxyl groups excluding tert-OH is 5. The lowest BCUT2D eigenvalue weighted by molar-refractivity contribution is -0.220. The van der Waals surface area contributed by atoms with Gasteiger partial charge in [-0.05, 0) is 70.6 Å². The van der Waals surface area contributed by atoms with Gasteiger partial charge in [0.1, 0.15) is 43.2 Å². The third-order valence-corrected chi connectivity index (χ3v) is 11.9. The molecule has 0 saturated heterocycles. The molecule has 356 valence electrons. The standard InChI is InChI=1S/C47H85O13P/c1-3-5-7-9-11-13-15-17-18-19-20-21-22-24-26-28-30-32-34-36-41(49)59-39(38-58-61(55,56)60-47-45(53)43(51)42(50)44(52)46(47)54)37-57-40(48)35-33-31-29-27-25-23-16-14-12-10-8-6-4-2/h11,13-14,16-18,39,42-47,50-54H,3-10,12,15,19-38H2,1-2H3,(H,55,56)/b13-11-,16-14-,18-17-/t39-,42?,43-,44?,45?,46?,47?/m1/s1. The Labute approximate surface area is 368 Å². The van der Waals surface area contributed by atoms with Crippen molar-refractivity contribution in [3.63, 3.8) is 0 Å². The topological polar surface area (TPSA) is 210 Å². The van der Waals surface area contributed by atoms with Gasteiger partial charge in [-0.1, -0.05) is 147 Å². The van der Waals surface area contributed by atoms with E-state index in [1.165, 1.54) is 77.0 Å². The molecule has 0 aromatic rings. The number of phosphoric acid groups is 1. The number of unbranched alkanes of at least 4 members (excludes halogenated alkanes) is 21. The third-order valence-electron chi connectivity index (χ3n) is 11.0. The van der Waals surface area contributed by atoms with Gasteiger partial charge in [0.05, 0.1) is 6.61 Å². The molecular weight excluding hydrogens is 803 g/mol. The molecule has 0 radical (unpaired) electrons. The van der Waals surface area contributed by atoms with Crippen molar-refractivity contribution >= 4 is 19.8 Å². The first-order chi connectivity index (χ1) is 29.4. The SMILES string of the molecule is CCCCC/C=C\C/C=C\CCCCCCCCCCCC(=O)O[C@H](COC(=O)CCCCCCC/C=C\CCCCCC)COP(=O)(O)OC1C(O)C(O)C(O)[C@@H](O)C1O. The number of esters is 2. The number of ether oxygens (including phenoxy) is 2. The van der Waals surface area contributed by atoms with E-state index in [0.29, 0.717) is 12.8 Å². The maximum atomic E-state index is 12.8. The van der Waals surface area contributed by atoms with E-state index >= 15 is 0 Å². The summed E-state index contributed by atoms with van der Waals surface area (Å²) in [5.41, 5.74) is 0. The first kappa shape index (κ1) is 57.1. The Morgan fingerprint density at radius 3 is 1.38 bits per heavy atom. The van der Waals surface area contributed by atoms with Gasteiger partial charge in [-0.25, -0.2) is 4.57 Å². The molecule has 0 aromatic heterocycles. The Kier molecular flexibility index (Phi) is 35.0. The molecule has 1 aliphatic rings. The van der Waals surface area contributed by atoms with Crippen LogP contribution in [0.3, 0.4) is 0 Å². The highest BCUT2D eigenvalue weighted by Gasteiger charge is 2.51. The van der Waals surface area contributed by atoms with Gasteiger partial charge < -0.3 is 39.9 Å². The third kappa shape index (κ3) is 30.0. The summed E-state index contributed by atoms with van der Waals surface area (Å²) >= 11 is 0. The molecular formula is C47H85O13P. The lowest BCUT2D eigenvalue weighted by Gasteiger charge is -2.41. The number of carbonyl (C=O) groups excluding carboxylic acids is 2. The number of allylic oxidation sites excluding steroid dienone is 6. The summed E-state index contributed by atoms with van der Waals surface area (Å²) in [5.74, 6) is -1.11. The molecule has 6 N–H and O–H groups in total. The number of phosphoric ester groups is 1. The van der Waals surface area contributed by atoms with Crippen molar-refractivity contribution in [1.29, 1.82) is 0 Å². The Bertz CT molecular complexity index is 1210. The van der Waals surface area contributed by atoms with Gasteiger partial charge in [-0.3, -0.25) is 18.6 Å². The van der Waals surface area contributed by atoms with Crippen LogP contribution in [0, 0.1) is 0 Å². The molecule has 13 nitrogen and oxygen atoms in total. The van der Waals surface area contributed by atoms with Crippen molar-refractivity contribution in [1.82, 2.24) is 0 Å². The van der Waals surface area contributed by atoms with E-state index in [9.17, 15) is 44.6 Å². The fraction of sp³-hybridized carbons (Fsp3) is 0.830. The number of hydrogen-bond acceptors (Lipinski definition) is 12. The summed E-state index contributed by atoms with van der Waals surface area (Å²) in [6, 6.07) is 0. The van der Waals surface area contributed by atoms with Crippen molar-refractivity contribution in [3.8, 4) is 0 Å². The van der Waals surface area contributed by atoms with Crippen molar-refractivity contribution in [2.24, 2.45) is 0 Å². The van der Waals surface area contributed by atoms with Gasteiger partial charge in [0.25, 0.3) is 0 Å². The van der Waals surface area contributed by atoms with Crippen LogP contribution < -0.4 is 0 Å². The fourth-order valence-electron chi connectivity index (χ4n) is 7.08. The van der Waals surface area contributed by atoms with Crippen LogP contribution in [-0.4, -0.2) is 98.3 Å². The van der Waals surface area contributed by atoms with Crippen molar-refractivity contribution in [2.45, 2.75) is 236 Å². The largest absolute Gasteiger partial charge is 0.472 e. The minimum absolute atomic E-state index is 0.0905. The van der Waals surface area contributed by atoms with E-state index in [1.807, 2.05) is 0 Å². The molecule has 14 heteroatoms. The molecule has 8 atom stereocenters. The number of hydrogen-bond donors (Lipinski definition) is 6. The van der Waals surface area contributed by atoms with Crippen LogP contribution in [0.5, 0.6) is 0 Å². The predicted molar refractivity (Wildman–Crippen MR) is 240 cm³/mol. The average molecular weight is 889 g/mol. The number of rotatable bonds is 39. The van der Waals surface area contributed by atoms with Crippen molar-refractivity contribution < 1.29 is 63.1 Å². The summed E-state index contributed by atoms with van der Waals surface area (Å²) in [5, 5.41) is 50.2. The quantitative estimate of drug-likeness (QED) is 0.0147. The minimum Gasteiger partial charge on any atom is -0.462 e. The van der Waals surface area contributed by atoms with Gasteiger partial charge >= 0.3 is 19.8 Å². The number of carbonyl (C=O) groups is 2. The van der Waals surface area contributed by atoms with Crippen molar-refractivity contribution in [3.05, 3.63) is 36.5 Å². The Balaban J connectivity index is 2.44. The average Bonchev–Trinajstić information content (AvgIpc) is 3.24. The highest BCUT2D eigenvalue weighted by atomic mass is 31.2. The second kappa shape index (κ2) is 37.4. The Morgan fingerprint density at radius 1 is 0.508 bits per heavy atom. The second-order valence-corrected chi connectivity index (χ2v) is 18.0. The molecule has 0 bridgehead atoms. The van der Waals surface area contributed by atoms with Gasteiger partial charge in [0, 0.05) is 12.8 Å². The molecule has 0 aliphatic heterocycles. The molecule has 0 aromatic carbocycles. The molecule has 6 unspecified atom stereocenters. The van der Waals surface area contributed by atoms with E-state index in [4.69, 9.17) is 18.5 Å². The lowest BCUT2D eigenvalue weighted by atomic mass is 9.85. The molecule has 1 rings (SSSR count). The fourth-order valence-corrected chi connectivity index (χ4v) is 8.05. The van der Waals surface area contributed by atoms with E-state index < -0.39 is 75.7 Å². The van der Waals surface area contributed by atoms with Crippen LogP contribution in [0.1, 0.15) is 194 Å². The Morgan fingerprint density at radius 2 is 0.885 bits per heavy atom. The summed E-state index contributed by atoms with van der Waals surface area (Å²) < 4.78 is 33.5. The molecule has 1 saturated carbocycles. The zero-order valence-electron chi connectivity index (χ0n) is 37.7. The Hall–Kier alpha value is -1.93. The van der Waals surface area contributed by atoms with Gasteiger partial charge in [0.15, 0.2) is 6.10 Å². The monoisotopic (exact) mass is 889 g/mol. The molecule has 1 fully saturated rings. The molecule has 0 amide bonds. The minimum atomic E-state index is -5.12. The van der Waals surface area contributed by atoms with Crippen LogP contribution in [0.15, 0.2) is 36.5 Å². The molecule has 61 heavy (non-hydrogen) atoms. The molecule has 1 aliphatic carbocycles. The zero-order valence-corrected chi connectivity index (χ0v) is 38.6. The summed E-state index contributed by atoms with van der Waals surface area (Å²) in [4.78, 5) is 35.7. The normalized spacial score (nSPS) is 22.3. The van der Waals surface area contributed by atoms with E-state index in [1.54, 1.807) is 0 Å². The molecule has 0 spiro atoms. The first-order valence-electron chi connectivity index (χ1n) is 23.8. The highest BCUT2D eigenvalue weighted by molar-refractivity contribution is 7.47. The lowest BCUT2D eigenvalue weighted by Crippen LogP contribution is -2.64. The smallest absolute Gasteiger partial charge is 0.462 e. The van der Waals surface area contributed by atoms with Gasteiger partial charge in [-0.2, -0.15) is 0 Å². The van der Waals surface area contributed by atoms with Gasteiger partial charge in [0.2, 0.25) is 0 Å². The van der Waals surface area contributed by atoms with Crippen LogP contribution in [-0.2, 0) is 32.7 Å². The molecule has 0 heterocycles. The van der Waals surface area contributed by atoms with Crippen LogP contribution in [0.25, 0.3) is 0 Å². The maximum Gasteiger partial charge on any atom is 0.472 e. The first-order valence-corrected chi connectivity index (χ1v) is 25.3. The van der Waals surface area contributed by atoms with Gasteiger partial charge in [-0.15, -0.1) is 0 Å². The highest BCUT2D eigenvalue weighted by Crippen LogP contribution is 2.47. The summed E-state index contributed by atoms with van der Waals surface area (Å²) in [6.45, 7) is 3.25. The maximum absolute atomic E-state index is 12.8. The summed E-state index contributed by atoms with van der Waals surface area (Å²) in [6.07, 6.45) is 29.1. The van der Waals surface area contributed by atoms with E-state index in [-0.39, 0.29) is 12.8 Å². The second-order valence-electron chi connectivity index (χ2n) is 16.6. The summed E-state index contributed by atoms with van der Waals surface area (Å²) in [7, 11) is -5.12. The zero-order chi connectivity index (χ0) is 45.0. The van der Waals surface area contributed by atoms with Crippen LogP contribution >= 0.6 is 7.82 Å². The number of aliphatic hydroxyl groups is 5. The van der Waals surface area contributed by atoms with E-state index in [2.05, 4.69) is 50.3 Å². The van der Waals surface area contributed by atoms with Crippen molar-refractivity contribution in [2.75, 3.05) is 13.2 Å². The van der Waals surface area contributed by atoms with Crippen LogP contribution in [0.4, 0.5) is 0 Å². The van der Waals surface area contributed by atoms with Crippen LogP contribution in [0.2, 0.25) is 0 Å². The predicted octanol–water partition coefficient (Wildman–Crippen LogP) is 9.39.